The molecule has 1 aromatic rings. The monoisotopic (exact) mass is 320 g/mol. The van der Waals surface area contributed by atoms with E-state index in [0.29, 0.717) is 5.56 Å². The van der Waals surface area contributed by atoms with Gasteiger partial charge in [-0.25, -0.2) is 4.79 Å². The van der Waals surface area contributed by atoms with Crippen molar-refractivity contribution in [1.82, 2.24) is 0 Å². The zero-order valence-corrected chi connectivity index (χ0v) is 12.5. The zero-order chi connectivity index (χ0) is 16.4. The predicted octanol–water partition coefficient (Wildman–Crippen LogP) is 1.06. The van der Waals surface area contributed by atoms with Crippen molar-refractivity contribution >= 4 is 17.9 Å². The number of carbonyl (C=O) groups excluding carboxylic acids is 3. The fourth-order valence-corrected chi connectivity index (χ4v) is 2.78. The summed E-state index contributed by atoms with van der Waals surface area (Å²) in [5.74, 6) is -1.68. The van der Waals surface area contributed by atoms with Crippen LogP contribution >= 0.6 is 0 Å². The lowest BCUT2D eigenvalue weighted by molar-refractivity contribution is -0.194. The summed E-state index contributed by atoms with van der Waals surface area (Å²) in [4.78, 5) is 34.5. The van der Waals surface area contributed by atoms with Crippen molar-refractivity contribution in [3.63, 3.8) is 0 Å². The second-order valence-corrected chi connectivity index (χ2v) is 5.44. The van der Waals surface area contributed by atoms with Gasteiger partial charge in [0.2, 0.25) is 6.29 Å². The normalized spacial score (nSPS) is 28.8. The summed E-state index contributed by atoms with van der Waals surface area (Å²) in [6.45, 7) is 1.21. The second-order valence-electron chi connectivity index (χ2n) is 5.44. The Morgan fingerprint density at radius 2 is 2.00 bits per heavy atom. The van der Waals surface area contributed by atoms with Crippen molar-refractivity contribution < 1.29 is 33.3 Å². The van der Waals surface area contributed by atoms with Gasteiger partial charge >= 0.3 is 17.9 Å². The third kappa shape index (κ3) is 3.34. The molecular weight excluding hydrogens is 304 g/mol. The molecule has 23 heavy (non-hydrogen) atoms. The van der Waals surface area contributed by atoms with Crippen molar-refractivity contribution in [3.8, 4) is 0 Å². The third-order valence-electron chi connectivity index (χ3n) is 3.82. The largest absolute Gasteiger partial charge is 0.459 e. The molecule has 0 bridgehead atoms. The summed E-state index contributed by atoms with van der Waals surface area (Å²) in [6.07, 6.45) is -2.00. The van der Waals surface area contributed by atoms with Crippen LogP contribution in [0.25, 0.3) is 0 Å². The molecule has 4 atom stereocenters. The number of fused-ring (bicyclic) bond motifs is 1. The average Bonchev–Trinajstić information content (AvgIpc) is 3.04. The highest BCUT2D eigenvalue weighted by atomic mass is 16.7. The Labute approximate surface area is 132 Å². The van der Waals surface area contributed by atoms with Gasteiger partial charge in [-0.1, -0.05) is 18.2 Å². The van der Waals surface area contributed by atoms with Gasteiger partial charge < -0.3 is 18.9 Å². The van der Waals surface area contributed by atoms with Gasteiger partial charge in [0.1, 0.15) is 12.7 Å². The molecule has 3 rings (SSSR count). The van der Waals surface area contributed by atoms with Gasteiger partial charge in [0.05, 0.1) is 12.0 Å². The van der Waals surface area contributed by atoms with E-state index in [2.05, 4.69) is 0 Å². The molecule has 2 fully saturated rings. The molecule has 7 heteroatoms. The molecule has 2 saturated heterocycles. The van der Waals surface area contributed by atoms with Gasteiger partial charge in [0.15, 0.2) is 6.10 Å². The molecule has 0 radical (unpaired) electrons. The number of ether oxygens (including phenoxy) is 4. The summed E-state index contributed by atoms with van der Waals surface area (Å²) in [5, 5.41) is 0. The molecule has 7 nitrogen and oxygen atoms in total. The summed E-state index contributed by atoms with van der Waals surface area (Å²) in [7, 11) is 0. The van der Waals surface area contributed by atoms with Gasteiger partial charge in [-0.3, -0.25) is 9.59 Å². The van der Waals surface area contributed by atoms with Crippen LogP contribution in [-0.4, -0.2) is 43.0 Å². The summed E-state index contributed by atoms with van der Waals surface area (Å²) < 4.78 is 21.0. The van der Waals surface area contributed by atoms with E-state index in [9.17, 15) is 14.4 Å². The quantitative estimate of drug-likeness (QED) is 0.605. The maximum absolute atomic E-state index is 12.0. The topological polar surface area (TPSA) is 88.1 Å². The Bertz CT molecular complexity index is 612. The minimum atomic E-state index is -0.954. The lowest BCUT2D eigenvalue weighted by Crippen LogP contribution is -2.29. The second kappa shape index (κ2) is 6.37. The van der Waals surface area contributed by atoms with Crippen LogP contribution in [0.1, 0.15) is 23.7 Å². The van der Waals surface area contributed by atoms with Crippen molar-refractivity contribution in [1.29, 1.82) is 0 Å². The first kappa shape index (κ1) is 15.5. The number of esters is 3. The molecule has 1 aromatic carbocycles. The van der Waals surface area contributed by atoms with Crippen LogP contribution in [0.3, 0.4) is 0 Å². The van der Waals surface area contributed by atoms with Crippen LogP contribution in [0.4, 0.5) is 0 Å². The smallest absolute Gasteiger partial charge is 0.338 e. The SMILES string of the molecule is CC(=O)OC1OC(COC(=O)c2ccccc2)C2CC(=O)O[C@@H]12. The number of carbonyl (C=O) groups is 3. The Morgan fingerprint density at radius 3 is 2.70 bits per heavy atom. The van der Waals surface area contributed by atoms with Crippen LogP contribution in [0, 0.1) is 5.92 Å². The van der Waals surface area contributed by atoms with E-state index < -0.39 is 30.4 Å². The maximum Gasteiger partial charge on any atom is 0.338 e. The first-order chi connectivity index (χ1) is 11.0. The van der Waals surface area contributed by atoms with E-state index in [4.69, 9.17) is 18.9 Å². The summed E-state index contributed by atoms with van der Waals surface area (Å²) in [6, 6.07) is 8.56. The molecule has 0 N–H and O–H groups in total. The first-order valence-electron chi connectivity index (χ1n) is 7.29. The Morgan fingerprint density at radius 1 is 1.26 bits per heavy atom. The highest BCUT2D eigenvalue weighted by molar-refractivity contribution is 5.89. The summed E-state index contributed by atoms with van der Waals surface area (Å²) >= 11 is 0. The van der Waals surface area contributed by atoms with Gasteiger partial charge in [-0.05, 0) is 12.1 Å². The van der Waals surface area contributed by atoms with E-state index in [1.807, 2.05) is 0 Å². The molecule has 0 aliphatic carbocycles. The first-order valence-corrected chi connectivity index (χ1v) is 7.29. The molecule has 0 saturated carbocycles. The number of benzene rings is 1. The van der Waals surface area contributed by atoms with Crippen molar-refractivity contribution in [2.75, 3.05) is 6.61 Å². The van der Waals surface area contributed by atoms with Crippen LogP contribution in [0.15, 0.2) is 30.3 Å². The third-order valence-corrected chi connectivity index (χ3v) is 3.82. The van der Waals surface area contributed by atoms with Gasteiger partial charge in [0, 0.05) is 12.8 Å². The van der Waals surface area contributed by atoms with E-state index in [1.165, 1.54) is 6.92 Å². The molecule has 0 aromatic heterocycles. The highest BCUT2D eigenvalue weighted by Gasteiger charge is 2.54. The van der Waals surface area contributed by atoms with Crippen molar-refractivity contribution in [2.24, 2.45) is 5.92 Å². The van der Waals surface area contributed by atoms with Crippen molar-refractivity contribution in [2.45, 2.75) is 31.8 Å². The minimum absolute atomic E-state index is 0.0384. The lowest BCUT2D eigenvalue weighted by Gasteiger charge is -2.16. The molecule has 0 spiro atoms. The van der Waals surface area contributed by atoms with E-state index in [0.717, 1.165) is 0 Å². The Hall–Kier alpha value is -2.41. The maximum atomic E-state index is 12.0. The molecular formula is C16H16O7. The number of rotatable bonds is 4. The van der Waals surface area contributed by atoms with Crippen LogP contribution in [0.5, 0.6) is 0 Å². The fraction of sp³-hybridized carbons (Fsp3) is 0.438. The molecule has 2 aliphatic heterocycles. The van der Waals surface area contributed by atoms with Crippen molar-refractivity contribution in [3.05, 3.63) is 35.9 Å². The number of hydrogen-bond donors (Lipinski definition) is 0. The van der Waals surface area contributed by atoms with E-state index in [-0.39, 0.29) is 24.9 Å². The van der Waals surface area contributed by atoms with Crippen LogP contribution in [-0.2, 0) is 28.5 Å². The Balaban J connectivity index is 1.62. The Kier molecular flexibility index (Phi) is 4.29. The molecule has 0 amide bonds. The average molecular weight is 320 g/mol. The molecule has 122 valence electrons. The van der Waals surface area contributed by atoms with Gasteiger partial charge in [-0.2, -0.15) is 0 Å². The van der Waals surface area contributed by atoms with Gasteiger partial charge in [0.25, 0.3) is 0 Å². The standard InChI is InChI=1S/C16H16O7/c1-9(17)21-16-14-11(7-13(18)23-14)12(22-16)8-20-15(19)10-5-3-2-4-6-10/h2-6,11-12,14,16H,7-8H2,1H3/t11?,12?,14-,16?/m1/s1. The molecule has 2 aliphatic rings. The van der Waals surface area contributed by atoms with Crippen LogP contribution < -0.4 is 0 Å². The zero-order valence-electron chi connectivity index (χ0n) is 12.5. The van der Waals surface area contributed by atoms with E-state index >= 15 is 0 Å². The molecule has 3 unspecified atom stereocenters. The van der Waals surface area contributed by atoms with Crippen LogP contribution in [0.2, 0.25) is 0 Å². The predicted molar refractivity (Wildman–Crippen MR) is 75.1 cm³/mol. The highest BCUT2D eigenvalue weighted by Crippen LogP contribution is 2.38. The summed E-state index contributed by atoms with van der Waals surface area (Å²) in [5.41, 5.74) is 0.428. The molecule has 2 heterocycles. The minimum Gasteiger partial charge on any atom is -0.459 e. The number of hydrogen-bond acceptors (Lipinski definition) is 7. The lowest BCUT2D eigenvalue weighted by atomic mass is 9.98. The van der Waals surface area contributed by atoms with Gasteiger partial charge in [-0.15, -0.1) is 0 Å². The van der Waals surface area contributed by atoms with E-state index in [1.54, 1.807) is 30.3 Å². The fourth-order valence-electron chi connectivity index (χ4n) is 2.78.